The molecule has 1 N–H and O–H groups in total. The van der Waals surface area contributed by atoms with Crippen molar-refractivity contribution in [2.24, 2.45) is 0 Å². The summed E-state index contributed by atoms with van der Waals surface area (Å²) in [4.78, 5) is 15.9. The average Bonchev–Trinajstić information content (AvgIpc) is 3.17. The first kappa shape index (κ1) is 17.6. The van der Waals surface area contributed by atoms with Crippen LogP contribution in [0.1, 0.15) is 28.9 Å². The molecule has 1 atom stereocenters. The molecule has 3 aromatic rings. The monoisotopic (exact) mass is 364 g/mol. The van der Waals surface area contributed by atoms with Gasteiger partial charge in [-0.1, -0.05) is 12.1 Å². The molecular weight excluding hydrogens is 352 g/mol. The topological polar surface area (TPSA) is 59.8 Å². The van der Waals surface area contributed by atoms with E-state index in [1.807, 2.05) is 0 Å². The van der Waals surface area contributed by atoms with Crippen molar-refractivity contribution < 1.29 is 22.4 Å². The third-order valence-corrected chi connectivity index (χ3v) is 3.77. The number of nitrogens with one attached hydrogen (secondary N) is 1. The SMILES string of the molecule is CC(NC(=O)c1cc(F)c(F)c(F)c1F)c1ccc(-n2cncn2)cc1. The first-order valence-electron chi connectivity index (χ1n) is 7.47. The van der Waals surface area contributed by atoms with Crippen molar-refractivity contribution in [3.63, 3.8) is 0 Å². The van der Waals surface area contributed by atoms with Crippen molar-refractivity contribution >= 4 is 5.91 Å². The second-order valence-corrected chi connectivity index (χ2v) is 5.47. The molecule has 9 heteroatoms. The Balaban J connectivity index is 1.78. The van der Waals surface area contributed by atoms with Crippen LogP contribution in [0.25, 0.3) is 5.69 Å². The van der Waals surface area contributed by atoms with E-state index in [9.17, 15) is 22.4 Å². The summed E-state index contributed by atoms with van der Waals surface area (Å²) >= 11 is 0. The molecule has 1 aromatic heterocycles. The van der Waals surface area contributed by atoms with Crippen LogP contribution in [0.5, 0.6) is 0 Å². The molecule has 0 aliphatic heterocycles. The molecule has 1 amide bonds. The maximum Gasteiger partial charge on any atom is 0.254 e. The fourth-order valence-corrected chi connectivity index (χ4v) is 2.35. The van der Waals surface area contributed by atoms with Gasteiger partial charge in [-0.2, -0.15) is 5.10 Å². The second-order valence-electron chi connectivity index (χ2n) is 5.47. The quantitative estimate of drug-likeness (QED) is 0.439. The van der Waals surface area contributed by atoms with E-state index in [4.69, 9.17) is 0 Å². The summed E-state index contributed by atoms with van der Waals surface area (Å²) in [5.74, 6) is -8.43. The number of nitrogens with zero attached hydrogens (tertiary/aromatic N) is 3. The smallest absolute Gasteiger partial charge is 0.254 e. The fourth-order valence-electron chi connectivity index (χ4n) is 2.35. The molecule has 2 aromatic carbocycles. The maximum atomic E-state index is 13.7. The van der Waals surface area contributed by atoms with Gasteiger partial charge in [0.2, 0.25) is 0 Å². The lowest BCUT2D eigenvalue weighted by molar-refractivity contribution is 0.0933. The first-order chi connectivity index (χ1) is 12.4. The van der Waals surface area contributed by atoms with Crippen LogP contribution >= 0.6 is 0 Å². The van der Waals surface area contributed by atoms with Gasteiger partial charge in [-0.05, 0) is 30.7 Å². The fraction of sp³-hybridized carbons (Fsp3) is 0.118. The highest BCUT2D eigenvalue weighted by molar-refractivity contribution is 5.94. The summed E-state index contributed by atoms with van der Waals surface area (Å²) in [6, 6.07) is 6.58. The van der Waals surface area contributed by atoms with Crippen LogP contribution in [-0.2, 0) is 0 Å². The number of aromatic nitrogens is 3. The summed E-state index contributed by atoms with van der Waals surface area (Å²) in [5, 5.41) is 6.39. The normalized spacial score (nSPS) is 12.0. The van der Waals surface area contributed by atoms with Crippen LogP contribution in [0.3, 0.4) is 0 Å². The first-order valence-corrected chi connectivity index (χ1v) is 7.47. The lowest BCUT2D eigenvalue weighted by Crippen LogP contribution is -2.28. The summed E-state index contributed by atoms with van der Waals surface area (Å²) in [6.45, 7) is 1.61. The number of carbonyl (C=O) groups excluding carboxylic acids is 1. The zero-order chi connectivity index (χ0) is 18.8. The minimum absolute atomic E-state index is 0.323. The van der Waals surface area contributed by atoms with Gasteiger partial charge in [0.25, 0.3) is 5.91 Å². The van der Waals surface area contributed by atoms with Gasteiger partial charge in [0.15, 0.2) is 23.3 Å². The predicted molar refractivity (Wildman–Crippen MR) is 83.5 cm³/mol. The Kier molecular flexibility index (Phi) is 4.70. The zero-order valence-electron chi connectivity index (χ0n) is 13.4. The summed E-state index contributed by atoms with van der Waals surface area (Å²) in [7, 11) is 0. The molecule has 134 valence electrons. The van der Waals surface area contributed by atoms with Crippen LogP contribution in [0.2, 0.25) is 0 Å². The van der Waals surface area contributed by atoms with Crippen molar-refractivity contribution in [1.82, 2.24) is 20.1 Å². The van der Waals surface area contributed by atoms with Crippen LogP contribution in [-0.4, -0.2) is 20.7 Å². The molecule has 0 radical (unpaired) electrons. The summed E-state index contributed by atoms with van der Waals surface area (Å²) < 4.78 is 54.7. The molecule has 1 heterocycles. The van der Waals surface area contributed by atoms with E-state index in [1.54, 1.807) is 31.2 Å². The van der Waals surface area contributed by atoms with E-state index >= 15 is 0 Å². The summed E-state index contributed by atoms with van der Waals surface area (Å²) in [5.41, 5.74) is 0.483. The summed E-state index contributed by atoms with van der Waals surface area (Å²) in [6.07, 6.45) is 2.90. The van der Waals surface area contributed by atoms with Crippen LogP contribution < -0.4 is 5.32 Å². The Hall–Kier alpha value is -3.23. The van der Waals surface area contributed by atoms with Crippen LogP contribution in [0, 0.1) is 23.3 Å². The van der Waals surface area contributed by atoms with E-state index in [-0.39, 0.29) is 0 Å². The molecule has 0 saturated carbocycles. The molecule has 0 fully saturated rings. The van der Waals surface area contributed by atoms with Crippen molar-refractivity contribution in [3.8, 4) is 5.69 Å². The Morgan fingerprint density at radius 3 is 2.38 bits per heavy atom. The van der Waals surface area contributed by atoms with E-state index in [0.29, 0.717) is 11.6 Å². The van der Waals surface area contributed by atoms with Crippen LogP contribution in [0.15, 0.2) is 43.0 Å². The van der Waals surface area contributed by atoms with Gasteiger partial charge in [-0.3, -0.25) is 4.79 Å². The third kappa shape index (κ3) is 3.28. The molecule has 26 heavy (non-hydrogen) atoms. The van der Waals surface area contributed by atoms with Gasteiger partial charge in [-0.15, -0.1) is 0 Å². The van der Waals surface area contributed by atoms with Crippen molar-refractivity contribution in [2.75, 3.05) is 0 Å². The van der Waals surface area contributed by atoms with Gasteiger partial charge in [0.1, 0.15) is 12.7 Å². The molecule has 0 saturated heterocycles. The van der Waals surface area contributed by atoms with Crippen molar-refractivity contribution in [1.29, 1.82) is 0 Å². The van der Waals surface area contributed by atoms with Gasteiger partial charge < -0.3 is 5.32 Å². The molecule has 0 bridgehead atoms. The number of amides is 1. The van der Waals surface area contributed by atoms with Crippen molar-refractivity contribution in [3.05, 3.63) is 77.4 Å². The lowest BCUT2D eigenvalue weighted by Gasteiger charge is -2.15. The highest BCUT2D eigenvalue weighted by Gasteiger charge is 2.24. The van der Waals surface area contributed by atoms with Gasteiger partial charge in [0, 0.05) is 0 Å². The molecule has 1 unspecified atom stereocenters. The van der Waals surface area contributed by atoms with Crippen molar-refractivity contribution in [2.45, 2.75) is 13.0 Å². The number of benzene rings is 2. The molecule has 3 rings (SSSR count). The largest absolute Gasteiger partial charge is 0.345 e. The highest BCUT2D eigenvalue weighted by Crippen LogP contribution is 2.20. The number of hydrogen-bond donors (Lipinski definition) is 1. The number of carbonyl (C=O) groups is 1. The van der Waals surface area contributed by atoms with Gasteiger partial charge >= 0.3 is 0 Å². The number of halogens is 4. The Bertz CT molecular complexity index is 942. The van der Waals surface area contributed by atoms with Gasteiger partial charge in [-0.25, -0.2) is 27.2 Å². The predicted octanol–water partition coefficient (Wildman–Crippen LogP) is 3.31. The molecule has 0 spiro atoms. The van der Waals surface area contributed by atoms with E-state index in [1.165, 1.54) is 17.3 Å². The Morgan fingerprint density at radius 2 is 1.77 bits per heavy atom. The van der Waals surface area contributed by atoms with E-state index in [0.717, 1.165) is 5.69 Å². The van der Waals surface area contributed by atoms with Gasteiger partial charge in [0.05, 0.1) is 17.3 Å². The Labute approximate surface area is 145 Å². The minimum atomic E-state index is -2.03. The minimum Gasteiger partial charge on any atom is -0.345 e. The molecule has 5 nitrogen and oxygen atoms in total. The second kappa shape index (κ2) is 6.95. The zero-order valence-corrected chi connectivity index (χ0v) is 13.4. The molecular formula is C17H12F4N4O. The number of hydrogen-bond acceptors (Lipinski definition) is 3. The highest BCUT2D eigenvalue weighted by atomic mass is 19.2. The standard InChI is InChI=1S/C17H12F4N4O/c1-9(10-2-4-11(5-3-10)25-8-22-7-23-25)24-17(26)12-6-13(18)15(20)16(21)14(12)19/h2-9H,1H3,(H,24,26). The van der Waals surface area contributed by atoms with Crippen LogP contribution in [0.4, 0.5) is 17.6 Å². The van der Waals surface area contributed by atoms with E-state index in [2.05, 4.69) is 15.4 Å². The number of rotatable bonds is 4. The average molecular weight is 364 g/mol. The lowest BCUT2D eigenvalue weighted by atomic mass is 10.1. The molecule has 0 aliphatic rings. The van der Waals surface area contributed by atoms with E-state index < -0.39 is 40.8 Å². The Morgan fingerprint density at radius 1 is 1.08 bits per heavy atom. The third-order valence-electron chi connectivity index (χ3n) is 3.77. The molecule has 0 aliphatic carbocycles. The maximum absolute atomic E-state index is 13.7.